The number of rotatable bonds is 9. The first-order valence-electron chi connectivity index (χ1n) is 8.06. The molecule has 5 nitrogen and oxygen atoms in total. The molecular formula is C19H22ClNO4. The number of aliphatic hydroxyl groups is 1. The van der Waals surface area contributed by atoms with Crippen molar-refractivity contribution in [3.05, 3.63) is 59.1 Å². The van der Waals surface area contributed by atoms with Crippen LogP contribution in [0.5, 0.6) is 11.5 Å². The summed E-state index contributed by atoms with van der Waals surface area (Å²) in [4.78, 5) is 11.8. The second-order valence-electron chi connectivity index (χ2n) is 5.48. The molecule has 1 atom stereocenters. The number of carbonyl (C=O) groups is 1. The van der Waals surface area contributed by atoms with E-state index in [1.165, 1.54) is 0 Å². The first kappa shape index (κ1) is 19.1. The Labute approximate surface area is 152 Å². The Bertz CT molecular complexity index is 675. The van der Waals surface area contributed by atoms with E-state index >= 15 is 0 Å². The van der Waals surface area contributed by atoms with Gasteiger partial charge in [-0.25, -0.2) is 0 Å². The van der Waals surface area contributed by atoms with Gasteiger partial charge in [0.25, 0.3) is 0 Å². The van der Waals surface area contributed by atoms with Crippen LogP contribution in [0.4, 0.5) is 0 Å². The van der Waals surface area contributed by atoms with E-state index in [2.05, 4.69) is 5.32 Å². The van der Waals surface area contributed by atoms with Crippen LogP contribution in [0.2, 0.25) is 5.02 Å². The smallest absolute Gasteiger partial charge is 0.220 e. The molecule has 6 heteroatoms. The van der Waals surface area contributed by atoms with Gasteiger partial charge in [-0.15, -0.1) is 0 Å². The maximum absolute atomic E-state index is 11.8. The molecule has 2 aromatic carbocycles. The normalized spacial score (nSPS) is 11.6. The number of hydrogen-bond donors (Lipinski definition) is 2. The molecule has 0 heterocycles. The molecule has 1 unspecified atom stereocenters. The molecule has 0 aliphatic heterocycles. The van der Waals surface area contributed by atoms with Gasteiger partial charge in [0, 0.05) is 13.0 Å². The number of halogens is 1. The van der Waals surface area contributed by atoms with Gasteiger partial charge >= 0.3 is 0 Å². The number of carbonyl (C=O) groups excluding carboxylic acids is 1. The Morgan fingerprint density at radius 1 is 1.20 bits per heavy atom. The largest absolute Gasteiger partial charge is 0.497 e. The van der Waals surface area contributed by atoms with Gasteiger partial charge in [0.05, 0.1) is 24.8 Å². The summed E-state index contributed by atoms with van der Waals surface area (Å²) in [5.41, 5.74) is 0.725. The lowest BCUT2D eigenvalue weighted by atomic mass is 10.1. The third-order valence-corrected chi connectivity index (χ3v) is 3.95. The Balaban J connectivity index is 1.65. The summed E-state index contributed by atoms with van der Waals surface area (Å²) in [7, 11) is 1.58. The minimum Gasteiger partial charge on any atom is -0.497 e. The lowest BCUT2D eigenvalue weighted by molar-refractivity contribution is -0.121. The molecule has 1 amide bonds. The van der Waals surface area contributed by atoms with Gasteiger partial charge in [0.15, 0.2) is 0 Å². The summed E-state index contributed by atoms with van der Waals surface area (Å²) in [5, 5.41) is 13.4. The highest BCUT2D eigenvalue weighted by Gasteiger charge is 2.10. The van der Waals surface area contributed by atoms with Gasteiger partial charge < -0.3 is 19.9 Å². The second-order valence-corrected chi connectivity index (χ2v) is 5.88. The summed E-state index contributed by atoms with van der Waals surface area (Å²) in [6.07, 6.45) is 0.129. The molecule has 0 bridgehead atoms. The van der Waals surface area contributed by atoms with Crippen molar-refractivity contribution in [1.82, 2.24) is 5.32 Å². The van der Waals surface area contributed by atoms with Gasteiger partial charge in [0.1, 0.15) is 11.5 Å². The third-order valence-electron chi connectivity index (χ3n) is 3.64. The third kappa shape index (κ3) is 6.29. The molecule has 0 spiro atoms. The standard InChI is InChI=1S/C19H22ClNO4/c1-24-15-10-8-14(9-11-15)17(22)13-21-19(23)7-4-12-25-18-6-3-2-5-16(18)20/h2-3,5-6,8-11,17,22H,4,7,12-13H2,1H3,(H,21,23). The van der Waals surface area contributed by atoms with Gasteiger partial charge in [-0.2, -0.15) is 0 Å². The highest BCUT2D eigenvalue weighted by atomic mass is 35.5. The van der Waals surface area contributed by atoms with Crippen molar-refractivity contribution in [2.45, 2.75) is 18.9 Å². The zero-order chi connectivity index (χ0) is 18.1. The lowest BCUT2D eigenvalue weighted by Gasteiger charge is -2.13. The molecule has 134 valence electrons. The molecule has 2 rings (SSSR count). The van der Waals surface area contributed by atoms with Crippen molar-refractivity contribution in [2.24, 2.45) is 0 Å². The molecule has 2 N–H and O–H groups in total. The Morgan fingerprint density at radius 3 is 2.60 bits per heavy atom. The van der Waals surface area contributed by atoms with E-state index in [4.69, 9.17) is 21.1 Å². The average Bonchev–Trinajstić information content (AvgIpc) is 2.64. The number of hydrogen-bond acceptors (Lipinski definition) is 4. The van der Waals surface area contributed by atoms with E-state index in [0.717, 1.165) is 11.3 Å². The van der Waals surface area contributed by atoms with E-state index in [0.29, 0.717) is 30.2 Å². The number of benzene rings is 2. The first-order valence-corrected chi connectivity index (χ1v) is 8.44. The summed E-state index contributed by atoms with van der Waals surface area (Å²) < 4.78 is 10.6. The highest BCUT2D eigenvalue weighted by Crippen LogP contribution is 2.23. The molecular weight excluding hydrogens is 342 g/mol. The zero-order valence-electron chi connectivity index (χ0n) is 14.1. The average molecular weight is 364 g/mol. The predicted molar refractivity (Wildman–Crippen MR) is 97.1 cm³/mol. The first-order chi connectivity index (χ1) is 12.1. The highest BCUT2D eigenvalue weighted by molar-refractivity contribution is 6.32. The van der Waals surface area contributed by atoms with Crippen LogP contribution in [0, 0.1) is 0 Å². The van der Waals surface area contributed by atoms with E-state index in [-0.39, 0.29) is 12.5 Å². The van der Waals surface area contributed by atoms with Crippen LogP contribution >= 0.6 is 11.6 Å². The number of ether oxygens (including phenoxy) is 2. The van der Waals surface area contributed by atoms with E-state index < -0.39 is 6.10 Å². The number of nitrogens with one attached hydrogen (secondary N) is 1. The van der Waals surface area contributed by atoms with Crippen LogP contribution in [0.3, 0.4) is 0 Å². The van der Waals surface area contributed by atoms with Crippen molar-refractivity contribution in [3.63, 3.8) is 0 Å². The van der Waals surface area contributed by atoms with Gasteiger partial charge in [-0.05, 0) is 36.2 Å². The molecule has 0 saturated carbocycles. The fraction of sp³-hybridized carbons (Fsp3) is 0.316. The Morgan fingerprint density at radius 2 is 1.92 bits per heavy atom. The van der Waals surface area contributed by atoms with Crippen LogP contribution in [0.25, 0.3) is 0 Å². The van der Waals surface area contributed by atoms with Crippen LogP contribution < -0.4 is 14.8 Å². The van der Waals surface area contributed by atoms with Crippen molar-refractivity contribution < 1.29 is 19.4 Å². The minimum atomic E-state index is -0.755. The zero-order valence-corrected chi connectivity index (χ0v) is 14.8. The topological polar surface area (TPSA) is 67.8 Å². The summed E-state index contributed by atoms with van der Waals surface area (Å²) in [6.45, 7) is 0.564. The Hall–Kier alpha value is -2.24. The molecule has 0 aliphatic rings. The van der Waals surface area contributed by atoms with Crippen molar-refractivity contribution >= 4 is 17.5 Å². The van der Waals surface area contributed by atoms with Gasteiger partial charge in [-0.1, -0.05) is 35.9 Å². The molecule has 0 saturated heterocycles. The molecule has 0 aromatic heterocycles. The van der Waals surface area contributed by atoms with Gasteiger partial charge in [-0.3, -0.25) is 4.79 Å². The van der Waals surface area contributed by atoms with Crippen LogP contribution in [-0.4, -0.2) is 31.3 Å². The minimum absolute atomic E-state index is 0.129. The maximum atomic E-state index is 11.8. The second kappa shape index (κ2) is 9.91. The van der Waals surface area contributed by atoms with E-state index in [9.17, 15) is 9.90 Å². The van der Waals surface area contributed by atoms with Crippen molar-refractivity contribution in [3.8, 4) is 11.5 Å². The molecule has 0 fully saturated rings. The summed E-state index contributed by atoms with van der Waals surface area (Å²) in [5.74, 6) is 1.20. The van der Waals surface area contributed by atoms with Crippen LogP contribution in [0.15, 0.2) is 48.5 Å². The molecule has 0 aliphatic carbocycles. The monoisotopic (exact) mass is 363 g/mol. The SMILES string of the molecule is COc1ccc(C(O)CNC(=O)CCCOc2ccccc2Cl)cc1. The van der Waals surface area contributed by atoms with Crippen LogP contribution in [-0.2, 0) is 4.79 Å². The molecule has 2 aromatic rings. The summed E-state index contributed by atoms with van der Waals surface area (Å²) in [6, 6.07) is 14.3. The number of aliphatic hydroxyl groups excluding tert-OH is 1. The Kier molecular flexibility index (Phi) is 7.57. The quantitative estimate of drug-likeness (QED) is 0.670. The van der Waals surface area contributed by atoms with E-state index in [1.807, 2.05) is 12.1 Å². The fourth-order valence-corrected chi connectivity index (χ4v) is 2.41. The molecule has 0 radical (unpaired) electrons. The number of methoxy groups -OCH3 is 1. The van der Waals surface area contributed by atoms with Crippen molar-refractivity contribution in [1.29, 1.82) is 0 Å². The van der Waals surface area contributed by atoms with Gasteiger partial charge in [0.2, 0.25) is 5.91 Å². The maximum Gasteiger partial charge on any atom is 0.220 e. The predicted octanol–water partition coefficient (Wildman–Crippen LogP) is 3.36. The molecule has 25 heavy (non-hydrogen) atoms. The lowest BCUT2D eigenvalue weighted by Crippen LogP contribution is -2.28. The number of amides is 1. The summed E-state index contributed by atoms with van der Waals surface area (Å²) >= 11 is 5.99. The van der Waals surface area contributed by atoms with Crippen LogP contribution in [0.1, 0.15) is 24.5 Å². The van der Waals surface area contributed by atoms with E-state index in [1.54, 1.807) is 43.5 Å². The fourth-order valence-electron chi connectivity index (χ4n) is 2.22. The number of para-hydroxylation sites is 1. The van der Waals surface area contributed by atoms with Crippen molar-refractivity contribution in [2.75, 3.05) is 20.3 Å².